The molecule has 3 rings (SSSR count). The second kappa shape index (κ2) is 4.24. The van der Waals surface area contributed by atoms with Crippen molar-refractivity contribution in [3.05, 3.63) is 18.2 Å². The number of nitrogens with zero attached hydrogens (tertiary/aromatic N) is 2. The summed E-state index contributed by atoms with van der Waals surface area (Å²) >= 11 is 0. The predicted molar refractivity (Wildman–Crippen MR) is 72.8 cm³/mol. The molecule has 0 saturated carbocycles. The number of hydrogen-bond acceptors (Lipinski definition) is 6. The van der Waals surface area contributed by atoms with Crippen LogP contribution >= 0.6 is 0 Å². The second-order valence-corrected chi connectivity index (χ2v) is 5.21. The highest BCUT2D eigenvalue weighted by Gasteiger charge is 2.34. The topological polar surface area (TPSA) is 96.3 Å². The zero-order chi connectivity index (χ0) is 13.5. The van der Waals surface area contributed by atoms with Gasteiger partial charge in [0.15, 0.2) is 0 Å². The predicted octanol–water partition coefficient (Wildman–Crippen LogP) is 1.21. The number of anilines is 2. The second-order valence-electron chi connectivity index (χ2n) is 5.21. The monoisotopic (exact) mass is 260 g/mol. The van der Waals surface area contributed by atoms with Crippen molar-refractivity contribution in [2.24, 2.45) is 5.41 Å². The molecule has 0 aliphatic carbocycles. The summed E-state index contributed by atoms with van der Waals surface area (Å²) < 4.78 is 11.1. The Balaban J connectivity index is 1.94. The highest BCUT2D eigenvalue weighted by Crippen LogP contribution is 2.32. The van der Waals surface area contributed by atoms with Crippen LogP contribution in [0.2, 0.25) is 0 Å². The third-order valence-electron chi connectivity index (χ3n) is 3.21. The Bertz CT molecular complexity index is 625. The first-order valence-electron chi connectivity index (χ1n) is 6.10. The van der Waals surface area contributed by atoms with E-state index >= 15 is 0 Å². The van der Waals surface area contributed by atoms with Crippen molar-refractivity contribution >= 4 is 22.7 Å². The van der Waals surface area contributed by atoms with E-state index in [0.717, 1.165) is 13.2 Å². The van der Waals surface area contributed by atoms with Gasteiger partial charge in [-0.05, 0) is 12.1 Å². The Morgan fingerprint density at radius 2 is 2.11 bits per heavy atom. The largest absolute Gasteiger partial charge is 0.492 e. The molecule has 1 aliphatic heterocycles. The van der Waals surface area contributed by atoms with Gasteiger partial charge in [0.1, 0.15) is 11.6 Å². The van der Waals surface area contributed by atoms with Gasteiger partial charge in [0, 0.05) is 5.41 Å². The van der Waals surface area contributed by atoms with Crippen LogP contribution in [0.25, 0.3) is 10.9 Å². The Hall–Kier alpha value is -2.08. The number of ether oxygens (including phenoxy) is 2. The van der Waals surface area contributed by atoms with Crippen LogP contribution in [0.4, 0.5) is 11.8 Å². The average Bonchev–Trinajstić information content (AvgIpc) is 2.33. The minimum atomic E-state index is 0.0750. The molecule has 1 aliphatic rings. The van der Waals surface area contributed by atoms with Crippen molar-refractivity contribution < 1.29 is 9.47 Å². The Labute approximate surface area is 110 Å². The van der Waals surface area contributed by atoms with E-state index in [1.54, 1.807) is 0 Å². The highest BCUT2D eigenvalue weighted by atomic mass is 16.5. The number of hydrogen-bond donors (Lipinski definition) is 2. The summed E-state index contributed by atoms with van der Waals surface area (Å²) in [4.78, 5) is 8.14. The molecule has 1 fully saturated rings. The molecule has 4 N–H and O–H groups in total. The molecule has 0 spiro atoms. The molecule has 0 radical (unpaired) electrons. The molecule has 1 aromatic carbocycles. The van der Waals surface area contributed by atoms with Gasteiger partial charge >= 0.3 is 0 Å². The maximum absolute atomic E-state index is 5.91. The van der Waals surface area contributed by atoms with E-state index in [9.17, 15) is 0 Å². The highest BCUT2D eigenvalue weighted by molar-refractivity contribution is 5.94. The summed E-state index contributed by atoms with van der Waals surface area (Å²) in [6, 6.07) is 5.56. The molecular weight excluding hydrogens is 244 g/mol. The van der Waals surface area contributed by atoms with Crippen molar-refractivity contribution in [2.75, 3.05) is 31.3 Å². The van der Waals surface area contributed by atoms with Crippen molar-refractivity contribution in [1.29, 1.82) is 0 Å². The minimum Gasteiger partial charge on any atom is -0.492 e. The number of benzene rings is 1. The van der Waals surface area contributed by atoms with Gasteiger partial charge in [0.2, 0.25) is 5.95 Å². The van der Waals surface area contributed by atoms with Crippen LogP contribution in [0.1, 0.15) is 6.92 Å². The SMILES string of the molecule is CC1(COc2cccc3nc(N)nc(N)c23)COC1. The molecule has 2 aromatic rings. The van der Waals surface area contributed by atoms with Crippen molar-refractivity contribution in [1.82, 2.24) is 9.97 Å². The first-order chi connectivity index (χ1) is 9.07. The average molecular weight is 260 g/mol. The lowest BCUT2D eigenvalue weighted by molar-refractivity contribution is -0.120. The Morgan fingerprint density at radius 3 is 2.79 bits per heavy atom. The van der Waals surface area contributed by atoms with Crippen molar-refractivity contribution in [3.63, 3.8) is 0 Å². The number of nitrogens with two attached hydrogens (primary N) is 2. The van der Waals surface area contributed by atoms with Crippen molar-refractivity contribution in [3.8, 4) is 5.75 Å². The van der Waals surface area contributed by atoms with Gasteiger partial charge in [-0.3, -0.25) is 0 Å². The Morgan fingerprint density at radius 1 is 1.32 bits per heavy atom. The van der Waals surface area contributed by atoms with Crippen LogP contribution in [-0.4, -0.2) is 29.8 Å². The van der Waals surface area contributed by atoms with Gasteiger partial charge in [-0.25, -0.2) is 4.98 Å². The fourth-order valence-corrected chi connectivity index (χ4v) is 2.10. The lowest BCUT2D eigenvalue weighted by atomic mass is 9.90. The van der Waals surface area contributed by atoms with E-state index in [4.69, 9.17) is 20.9 Å². The molecule has 6 nitrogen and oxygen atoms in total. The lowest BCUT2D eigenvalue weighted by Crippen LogP contribution is -2.44. The summed E-state index contributed by atoms with van der Waals surface area (Å²) in [5, 5.41) is 0.709. The van der Waals surface area contributed by atoms with Gasteiger partial charge in [0.05, 0.1) is 30.7 Å². The van der Waals surface area contributed by atoms with E-state index < -0.39 is 0 Å². The number of aromatic nitrogens is 2. The third kappa shape index (κ3) is 2.15. The number of fused-ring (bicyclic) bond motifs is 1. The minimum absolute atomic E-state index is 0.0750. The fraction of sp³-hybridized carbons (Fsp3) is 0.385. The van der Waals surface area contributed by atoms with Gasteiger partial charge in [-0.1, -0.05) is 13.0 Å². The fourth-order valence-electron chi connectivity index (χ4n) is 2.10. The third-order valence-corrected chi connectivity index (χ3v) is 3.21. The maximum atomic E-state index is 5.91. The smallest absolute Gasteiger partial charge is 0.222 e. The molecule has 6 heteroatoms. The van der Waals surface area contributed by atoms with E-state index in [1.807, 2.05) is 18.2 Å². The molecule has 0 unspecified atom stereocenters. The maximum Gasteiger partial charge on any atom is 0.222 e. The van der Waals surface area contributed by atoms with E-state index in [2.05, 4.69) is 16.9 Å². The van der Waals surface area contributed by atoms with E-state index in [1.165, 1.54) is 0 Å². The van der Waals surface area contributed by atoms with Gasteiger partial charge in [-0.15, -0.1) is 0 Å². The Kier molecular flexibility index (Phi) is 2.67. The van der Waals surface area contributed by atoms with Crippen LogP contribution in [0.5, 0.6) is 5.75 Å². The standard InChI is InChI=1S/C13H16N4O2/c1-13(5-18-6-13)7-19-9-4-2-3-8-10(9)11(14)17-12(15)16-8/h2-4H,5-7H2,1H3,(H4,14,15,16,17). The van der Waals surface area contributed by atoms with Crippen LogP contribution in [0.15, 0.2) is 18.2 Å². The molecule has 1 aromatic heterocycles. The molecule has 0 atom stereocenters. The molecule has 0 amide bonds. The van der Waals surface area contributed by atoms with E-state index in [-0.39, 0.29) is 11.4 Å². The summed E-state index contributed by atoms with van der Waals surface area (Å²) in [6.45, 7) is 4.14. The molecule has 2 heterocycles. The van der Waals surface area contributed by atoms with E-state index in [0.29, 0.717) is 29.1 Å². The normalized spacial score (nSPS) is 17.1. The number of rotatable bonds is 3. The number of nitrogen functional groups attached to an aromatic ring is 2. The zero-order valence-corrected chi connectivity index (χ0v) is 10.7. The molecule has 100 valence electrons. The summed E-state index contributed by atoms with van der Waals surface area (Å²) in [5.74, 6) is 1.19. The van der Waals surface area contributed by atoms with Crippen LogP contribution < -0.4 is 16.2 Å². The van der Waals surface area contributed by atoms with Crippen LogP contribution in [-0.2, 0) is 4.74 Å². The zero-order valence-electron chi connectivity index (χ0n) is 10.7. The lowest BCUT2D eigenvalue weighted by Gasteiger charge is -2.37. The molecule has 1 saturated heterocycles. The quantitative estimate of drug-likeness (QED) is 0.861. The van der Waals surface area contributed by atoms with Crippen LogP contribution in [0.3, 0.4) is 0 Å². The molecule has 0 bridgehead atoms. The summed E-state index contributed by atoms with van der Waals surface area (Å²) in [6.07, 6.45) is 0. The van der Waals surface area contributed by atoms with Gasteiger partial charge in [0.25, 0.3) is 0 Å². The first-order valence-corrected chi connectivity index (χ1v) is 6.10. The van der Waals surface area contributed by atoms with Gasteiger partial charge < -0.3 is 20.9 Å². The van der Waals surface area contributed by atoms with Crippen molar-refractivity contribution in [2.45, 2.75) is 6.92 Å². The van der Waals surface area contributed by atoms with Gasteiger partial charge in [-0.2, -0.15) is 4.98 Å². The van der Waals surface area contributed by atoms with Crippen LogP contribution in [0, 0.1) is 5.41 Å². The molecular formula is C13H16N4O2. The summed E-state index contributed by atoms with van der Waals surface area (Å²) in [7, 11) is 0. The summed E-state index contributed by atoms with van der Waals surface area (Å²) in [5.41, 5.74) is 12.3. The molecule has 19 heavy (non-hydrogen) atoms. The first kappa shape index (κ1) is 12.0.